The Bertz CT molecular complexity index is 917. The summed E-state index contributed by atoms with van der Waals surface area (Å²) in [5.41, 5.74) is 3.32. The molecule has 1 atom stereocenters. The Kier molecular flexibility index (Phi) is 6.69. The lowest BCUT2D eigenvalue weighted by Gasteiger charge is -2.21. The van der Waals surface area contributed by atoms with Gasteiger partial charge in [0.15, 0.2) is 0 Å². The first kappa shape index (κ1) is 19.9. The van der Waals surface area contributed by atoms with E-state index in [1.807, 2.05) is 36.4 Å². The summed E-state index contributed by atoms with van der Waals surface area (Å²) >= 11 is 0. The van der Waals surface area contributed by atoms with Gasteiger partial charge in [-0.15, -0.1) is 0 Å². The zero-order valence-electron chi connectivity index (χ0n) is 16.5. The van der Waals surface area contributed by atoms with Gasteiger partial charge in [-0.3, -0.25) is 0 Å². The normalized spacial score (nSPS) is 12.2. The maximum Gasteiger partial charge on any atom is 0.121 e. The molecule has 0 saturated heterocycles. The zero-order chi connectivity index (χ0) is 19.9. The molecule has 0 aliphatic rings. The molecule has 0 saturated carbocycles. The SMILES string of the molecule is C=CC[NH+](CC=C)CC(O)Cn1c(-c2ccc(OC)cc2)cc2ccccc21. The molecule has 2 N–H and O–H groups in total. The highest BCUT2D eigenvalue weighted by molar-refractivity contribution is 5.87. The average Bonchev–Trinajstić information content (AvgIpc) is 3.07. The van der Waals surface area contributed by atoms with Crippen LogP contribution in [0.1, 0.15) is 0 Å². The van der Waals surface area contributed by atoms with E-state index in [4.69, 9.17) is 4.74 Å². The molecule has 3 rings (SSSR count). The van der Waals surface area contributed by atoms with Gasteiger partial charge in [0.05, 0.1) is 26.7 Å². The number of rotatable bonds is 10. The van der Waals surface area contributed by atoms with Crippen LogP contribution in [-0.2, 0) is 6.54 Å². The van der Waals surface area contributed by atoms with Crippen LogP contribution in [0.2, 0.25) is 0 Å². The summed E-state index contributed by atoms with van der Waals surface area (Å²) in [5.74, 6) is 0.833. The number of nitrogens with one attached hydrogen (secondary N) is 1. The molecule has 28 heavy (non-hydrogen) atoms. The molecule has 0 radical (unpaired) electrons. The summed E-state index contributed by atoms with van der Waals surface area (Å²) in [5, 5.41) is 12.0. The minimum atomic E-state index is -0.470. The molecule has 0 fully saturated rings. The molecule has 0 spiro atoms. The minimum Gasteiger partial charge on any atom is -0.497 e. The van der Waals surface area contributed by atoms with Gasteiger partial charge in [-0.2, -0.15) is 0 Å². The molecule has 1 heterocycles. The van der Waals surface area contributed by atoms with E-state index in [0.29, 0.717) is 13.1 Å². The largest absolute Gasteiger partial charge is 0.497 e. The monoisotopic (exact) mass is 377 g/mol. The predicted octanol–water partition coefficient (Wildman–Crippen LogP) is 2.93. The van der Waals surface area contributed by atoms with Crippen LogP contribution in [0.25, 0.3) is 22.2 Å². The van der Waals surface area contributed by atoms with Crippen LogP contribution < -0.4 is 9.64 Å². The van der Waals surface area contributed by atoms with Crippen molar-refractivity contribution >= 4 is 10.9 Å². The molecule has 4 heteroatoms. The van der Waals surface area contributed by atoms with Crippen LogP contribution in [0, 0.1) is 0 Å². The Balaban J connectivity index is 1.92. The van der Waals surface area contributed by atoms with Crippen molar-refractivity contribution in [1.82, 2.24) is 4.57 Å². The Morgan fingerprint density at radius 3 is 2.39 bits per heavy atom. The van der Waals surface area contributed by atoms with E-state index >= 15 is 0 Å². The van der Waals surface area contributed by atoms with E-state index < -0.39 is 6.10 Å². The van der Waals surface area contributed by atoms with Crippen LogP contribution in [0.4, 0.5) is 0 Å². The van der Waals surface area contributed by atoms with Crippen LogP contribution in [0.3, 0.4) is 0 Å². The summed E-state index contributed by atoms with van der Waals surface area (Å²) < 4.78 is 7.49. The number of benzene rings is 2. The first-order valence-electron chi connectivity index (χ1n) is 9.62. The van der Waals surface area contributed by atoms with Crippen molar-refractivity contribution in [1.29, 1.82) is 0 Å². The lowest BCUT2D eigenvalue weighted by molar-refractivity contribution is -0.891. The van der Waals surface area contributed by atoms with E-state index in [2.05, 4.69) is 48.1 Å². The number of aliphatic hydroxyl groups excluding tert-OH is 1. The molecule has 0 bridgehead atoms. The molecule has 1 unspecified atom stereocenters. The number of fused-ring (bicyclic) bond motifs is 1. The van der Waals surface area contributed by atoms with Gasteiger partial charge in [0.1, 0.15) is 18.4 Å². The summed E-state index contributed by atoms with van der Waals surface area (Å²) in [7, 11) is 1.67. The Morgan fingerprint density at radius 2 is 1.75 bits per heavy atom. The van der Waals surface area contributed by atoms with Crippen molar-refractivity contribution in [2.24, 2.45) is 0 Å². The number of hydrogen-bond acceptors (Lipinski definition) is 2. The van der Waals surface area contributed by atoms with Crippen molar-refractivity contribution < 1.29 is 14.7 Å². The standard InChI is InChI=1S/C24H28N2O2/c1-4-14-25(15-5-2)17-21(27)18-26-23-9-7-6-8-20(23)16-24(26)19-10-12-22(28-3)13-11-19/h4-13,16,21,27H,1-2,14-15,17-18H2,3H3/p+1. The van der Waals surface area contributed by atoms with Gasteiger partial charge in [0.25, 0.3) is 0 Å². The summed E-state index contributed by atoms with van der Waals surface area (Å²) in [6, 6.07) is 18.5. The molecular formula is C24H29N2O2+. The Labute approximate surface area is 167 Å². The van der Waals surface area contributed by atoms with Crippen molar-refractivity contribution in [3.8, 4) is 17.0 Å². The van der Waals surface area contributed by atoms with Crippen molar-refractivity contribution in [2.75, 3.05) is 26.7 Å². The topological polar surface area (TPSA) is 38.8 Å². The summed E-state index contributed by atoms with van der Waals surface area (Å²) in [6.07, 6.45) is 3.31. The van der Waals surface area contributed by atoms with Crippen LogP contribution in [-0.4, -0.2) is 42.5 Å². The molecule has 146 valence electrons. The predicted molar refractivity (Wildman–Crippen MR) is 116 cm³/mol. The van der Waals surface area contributed by atoms with Crippen molar-refractivity contribution in [3.63, 3.8) is 0 Å². The third-order valence-corrected chi connectivity index (χ3v) is 4.98. The van der Waals surface area contributed by atoms with Gasteiger partial charge < -0.3 is 19.3 Å². The maximum absolute atomic E-state index is 10.8. The number of aliphatic hydroxyl groups is 1. The van der Waals surface area contributed by atoms with Gasteiger partial charge in [-0.25, -0.2) is 0 Å². The smallest absolute Gasteiger partial charge is 0.121 e. The van der Waals surface area contributed by atoms with Crippen molar-refractivity contribution in [3.05, 3.63) is 79.9 Å². The van der Waals surface area contributed by atoms with E-state index in [1.54, 1.807) is 7.11 Å². The second-order valence-electron chi connectivity index (χ2n) is 7.02. The third-order valence-electron chi connectivity index (χ3n) is 4.98. The first-order chi connectivity index (χ1) is 13.7. The molecule has 0 aliphatic carbocycles. The molecule has 0 aliphatic heterocycles. The van der Waals surface area contributed by atoms with Gasteiger partial charge in [0.2, 0.25) is 0 Å². The number of hydrogen-bond donors (Lipinski definition) is 2. The van der Waals surface area contributed by atoms with Gasteiger partial charge in [-0.1, -0.05) is 31.4 Å². The quantitative estimate of drug-likeness (QED) is 0.533. The number of aromatic nitrogens is 1. The highest BCUT2D eigenvalue weighted by Gasteiger charge is 2.18. The minimum absolute atomic E-state index is 0.470. The Hall–Kier alpha value is -2.82. The number of nitrogens with zero attached hydrogens (tertiary/aromatic N) is 1. The van der Waals surface area contributed by atoms with E-state index in [9.17, 15) is 5.11 Å². The molecule has 4 nitrogen and oxygen atoms in total. The highest BCUT2D eigenvalue weighted by Crippen LogP contribution is 2.29. The molecule has 3 aromatic rings. The van der Waals surface area contributed by atoms with Crippen LogP contribution >= 0.6 is 0 Å². The van der Waals surface area contributed by atoms with Crippen molar-refractivity contribution in [2.45, 2.75) is 12.6 Å². The fourth-order valence-corrected chi connectivity index (χ4v) is 3.67. The average molecular weight is 378 g/mol. The highest BCUT2D eigenvalue weighted by atomic mass is 16.5. The van der Waals surface area contributed by atoms with E-state index in [-0.39, 0.29) is 0 Å². The molecule has 2 aromatic carbocycles. The Morgan fingerprint density at radius 1 is 1.07 bits per heavy atom. The molecule has 1 aromatic heterocycles. The van der Waals surface area contributed by atoms with Gasteiger partial charge in [0, 0.05) is 16.6 Å². The number of para-hydroxylation sites is 1. The van der Waals surface area contributed by atoms with E-state index in [0.717, 1.165) is 35.6 Å². The molecular weight excluding hydrogens is 348 g/mol. The number of methoxy groups -OCH3 is 1. The fraction of sp³-hybridized carbons (Fsp3) is 0.250. The van der Waals surface area contributed by atoms with Gasteiger partial charge >= 0.3 is 0 Å². The van der Waals surface area contributed by atoms with E-state index in [1.165, 1.54) is 10.3 Å². The second-order valence-corrected chi connectivity index (χ2v) is 7.02. The molecule has 0 amide bonds. The second kappa shape index (κ2) is 9.40. The fourth-order valence-electron chi connectivity index (χ4n) is 3.67. The summed E-state index contributed by atoms with van der Waals surface area (Å²) in [6.45, 7) is 10.4. The van der Waals surface area contributed by atoms with Crippen LogP contribution in [0.5, 0.6) is 5.75 Å². The summed E-state index contributed by atoms with van der Waals surface area (Å²) in [4.78, 5) is 1.25. The number of quaternary nitrogens is 1. The van der Waals surface area contributed by atoms with Gasteiger partial charge in [-0.05, 0) is 54.1 Å². The lowest BCUT2D eigenvalue weighted by Crippen LogP contribution is -3.12. The lowest BCUT2D eigenvalue weighted by atomic mass is 10.1. The number of ether oxygens (including phenoxy) is 1. The first-order valence-corrected chi connectivity index (χ1v) is 9.62. The van der Waals surface area contributed by atoms with Crippen LogP contribution in [0.15, 0.2) is 79.9 Å². The zero-order valence-corrected chi connectivity index (χ0v) is 16.5. The maximum atomic E-state index is 10.8. The third kappa shape index (κ3) is 4.53.